The number of likely N-dealkylation sites (N-methyl/N-ethyl adjacent to an activating group) is 2. The Labute approximate surface area is 127 Å². The topological polar surface area (TPSA) is 82.3 Å². The van der Waals surface area contributed by atoms with Gasteiger partial charge in [-0.3, -0.25) is 9.59 Å². The van der Waals surface area contributed by atoms with Crippen LogP contribution in [0.4, 0.5) is 0 Å². The molecule has 4 atom stereocenters. The minimum absolute atomic E-state index is 0.0949. The maximum absolute atomic E-state index is 11.0. The van der Waals surface area contributed by atoms with Crippen LogP contribution in [0, 0.1) is 5.92 Å². The Balaban J connectivity index is 0.000000211. The summed E-state index contributed by atoms with van der Waals surface area (Å²) in [4.78, 5) is 21.8. The molecule has 122 valence electrons. The summed E-state index contributed by atoms with van der Waals surface area (Å²) in [6.07, 6.45) is 1.92. The zero-order valence-corrected chi connectivity index (χ0v) is 13.7. The largest absolute Gasteiger partial charge is 0.316 e. The Morgan fingerprint density at radius 1 is 0.905 bits per heavy atom. The van der Waals surface area contributed by atoms with Gasteiger partial charge in [0.15, 0.2) is 0 Å². The molecule has 0 radical (unpaired) electrons. The van der Waals surface area contributed by atoms with E-state index in [1.165, 1.54) is 0 Å². The first-order chi connectivity index (χ1) is 9.97. The lowest BCUT2D eigenvalue weighted by molar-refractivity contribution is -0.121. The van der Waals surface area contributed by atoms with Gasteiger partial charge in [0.1, 0.15) is 11.6 Å². The Kier molecular flexibility index (Phi) is 8.03. The molecule has 6 heteroatoms. The van der Waals surface area contributed by atoms with E-state index >= 15 is 0 Å². The summed E-state index contributed by atoms with van der Waals surface area (Å²) in [5.74, 6) is 0.774. The van der Waals surface area contributed by atoms with Gasteiger partial charge in [0.25, 0.3) is 0 Å². The molecule has 0 aromatic rings. The quantitative estimate of drug-likeness (QED) is 0.549. The van der Waals surface area contributed by atoms with Gasteiger partial charge in [0, 0.05) is 37.6 Å². The summed E-state index contributed by atoms with van der Waals surface area (Å²) < 4.78 is 0. The van der Waals surface area contributed by atoms with Crippen molar-refractivity contribution in [1.82, 2.24) is 21.3 Å². The average Bonchev–Trinajstić information content (AvgIpc) is 2.97. The van der Waals surface area contributed by atoms with Crippen LogP contribution in [0.5, 0.6) is 0 Å². The van der Waals surface area contributed by atoms with Crippen molar-refractivity contribution in [2.75, 3.05) is 33.7 Å². The van der Waals surface area contributed by atoms with E-state index in [4.69, 9.17) is 0 Å². The molecule has 2 saturated heterocycles. The van der Waals surface area contributed by atoms with Crippen LogP contribution < -0.4 is 21.3 Å². The van der Waals surface area contributed by atoms with Crippen molar-refractivity contribution in [3.8, 4) is 0 Å². The molecule has 0 aromatic carbocycles. The molecule has 0 aromatic heterocycles. The molecule has 4 N–H and O–H groups in total. The van der Waals surface area contributed by atoms with Crippen LogP contribution in [0.15, 0.2) is 0 Å². The van der Waals surface area contributed by atoms with Gasteiger partial charge in [-0.15, -0.1) is 0 Å². The number of hydrogen-bond acceptors (Lipinski definition) is 6. The molecule has 4 unspecified atom stereocenters. The monoisotopic (exact) mass is 298 g/mol. The smallest absolute Gasteiger partial charge is 0.146 e. The predicted octanol–water partition coefficient (Wildman–Crippen LogP) is -0.702. The number of carbonyl (C=O) groups excluding carboxylic acids is 2. The standard InChI is InChI=1S/C8H16N2O.C7H14N2O/c1-6(11)7-3-8(9-2)5-10-4-7;1-5(10)7-3-6(8-2)4-9-7/h7-10H,3-5H2,1-2H3;6-9H,3-4H2,1-2H3. The van der Waals surface area contributed by atoms with Gasteiger partial charge in [-0.2, -0.15) is 0 Å². The number of Topliss-reactive ketones (excluding diaryl/α,β-unsaturated/α-hetero) is 2. The molecule has 21 heavy (non-hydrogen) atoms. The summed E-state index contributed by atoms with van der Waals surface area (Å²) >= 11 is 0. The summed E-state index contributed by atoms with van der Waals surface area (Å²) in [5.41, 5.74) is 0. The Bertz CT molecular complexity index is 349. The Hall–Kier alpha value is -0.820. The van der Waals surface area contributed by atoms with Crippen molar-refractivity contribution in [2.45, 2.75) is 44.8 Å². The highest BCUT2D eigenvalue weighted by Crippen LogP contribution is 2.10. The molecule has 2 aliphatic rings. The Morgan fingerprint density at radius 3 is 1.95 bits per heavy atom. The van der Waals surface area contributed by atoms with E-state index in [9.17, 15) is 9.59 Å². The van der Waals surface area contributed by atoms with E-state index in [0.29, 0.717) is 17.9 Å². The molecule has 0 aliphatic carbocycles. The van der Waals surface area contributed by atoms with Crippen LogP contribution in [0.1, 0.15) is 26.7 Å². The van der Waals surface area contributed by atoms with E-state index in [1.54, 1.807) is 13.8 Å². The first-order valence-electron chi connectivity index (χ1n) is 7.77. The van der Waals surface area contributed by atoms with E-state index < -0.39 is 0 Å². The number of rotatable bonds is 4. The van der Waals surface area contributed by atoms with E-state index in [-0.39, 0.29) is 17.7 Å². The van der Waals surface area contributed by atoms with Crippen molar-refractivity contribution in [2.24, 2.45) is 5.92 Å². The molecule has 0 amide bonds. The van der Waals surface area contributed by atoms with Gasteiger partial charge in [-0.25, -0.2) is 0 Å². The molecule has 6 nitrogen and oxygen atoms in total. The maximum Gasteiger partial charge on any atom is 0.146 e. The number of ketones is 2. The SMILES string of the molecule is CNC1CNC(C(C)=O)C1.CNC1CNCC(C(C)=O)C1. The van der Waals surface area contributed by atoms with Crippen LogP contribution >= 0.6 is 0 Å². The first-order valence-corrected chi connectivity index (χ1v) is 7.77. The van der Waals surface area contributed by atoms with Gasteiger partial charge in [0.05, 0.1) is 6.04 Å². The van der Waals surface area contributed by atoms with Crippen LogP contribution in [0.25, 0.3) is 0 Å². The number of hydrogen-bond donors (Lipinski definition) is 4. The van der Waals surface area contributed by atoms with Crippen molar-refractivity contribution in [1.29, 1.82) is 0 Å². The number of carbonyl (C=O) groups is 2. The fraction of sp³-hybridized carbons (Fsp3) is 0.867. The minimum Gasteiger partial charge on any atom is -0.316 e. The lowest BCUT2D eigenvalue weighted by atomic mass is 9.93. The molecule has 0 bridgehead atoms. The second-order valence-electron chi connectivity index (χ2n) is 5.98. The molecular weight excluding hydrogens is 268 g/mol. The third-order valence-electron chi connectivity index (χ3n) is 4.36. The lowest BCUT2D eigenvalue weighted by Gasteiger charge is -2.27. The third-order valence-corrected chi connectivity index (χ3v) is 4.36. The lowest BCUT2D eigenvalue weighted by Crippen LogP contribution is -2.47. The van der Waals surface area contributed by atoms with Crippen molar-refractivity contribution >= 4 is 11.6 Å². The summed E-state index contributed by atoms with van der Waals surface area (Å²) in [6.45, 7) is 6.06. The molecule has 2 fully saturated rings. The van der Waals surface area contributed by atoms with E-state index in [1.807, 2.05) is 14.1 Å². The number of piperidine rings is 1. The van der Waals surface area contributed by atoms with Gasteiger partial charge in [-0.1, -0.05) is 0 Å². The molecule has 0 spiro atoms. The summed E-state index contributed by atoms with van der Waals surface area (Å²) in [5, 5.41) is 12.7. The van der Waals surface area contributed by atoms with Crippen LogP contribution in [0.2, 0.25) is 0 Å². The zero-order valence-electron chi connectivity index (χ0n) is 13.7. The van der Waals surface area contributed by atoms with Gasteiger partial charge in [-0.05, 0) is 40.8 Å². The summed E-state index contributed by atoms with van der Waals surface area (Å²) in [7, 11) is 3.86. The highest BCUT2D eigenvalue weighted by atomic mass is 16.1. The molecule has 2 rings (SSSR count). The fourth-order valence-corrected chi connectivity index (χ4v) is 2.74. The van der Waals surface area contributed by atoms with Crippen molar-refractivity contribution in [3.05, 3.63) is 0 Å². The first kappa shape index (κ1) is 18.2. The molecular formula is C15H30N4O2. The Morgan fingerprint density at radius 2 is 1.52 bits per heavy atom. The molecule has 2 aliphatic heterocycles. The van der Waals surface area contributed by atoms with Crippen LogP contribution in [-0.2, 0) is 9.59 Å². The zero-order chi connectivity index (χ0) is 15.8. The van der Waals surface area contributed by atoms with Crippen LogP contribution in [-0.4, -0.2) is 63.4 Å². The normalized spacial score (nSPS) is 32.2. The maximum atomic E-state index is 11.0. The van der Waals surface area contributed by atoms with Crippen LogP contribution in [0.3, 0.4) is 0 Å². The highest BCUT2D eigenvalue weighted by molar-refractivity contribution is 5.81. The molecule has 2 heterocycles. The minimum atomic E-state index is 0.0949. The second-order valence-corrected chi connectivity index (χ2v) is 5.98. The number of nitrogens with one attached hydrogen (secondary N) is 4. The summed E-state index contributed by atoms with van der Waals surface area (Å²) in [6, 6.07) is 1.05. The van der Waals surface area contributed by atoms with Gasteiger partial charge in [0.2, 0.25) is 0 Å². The van der Waals surface area contributed by atoms with Gasteiger partial charge >= 0.3 is 0 Å². The van der Waals surface area contributed by atoms with Crippen molar-refractivity contribution < 1.29 is 9.59 Å². The average molecular weight is 298 g/mol. The third kappa shape index (κ3) is 6.22. The van der Waals surface area contributed by atoms with Crippen molar-refractivity contribution in [3.63, 3.8) is 0 Å². The highest BCUT2D eigenvalue weighted by Gasteiger charge is 2.25. The predicted molar refractivity (Wildman–Crippen MR) is 84.4 cm³/mol. The van der Waals surface area contributed by atoms with E-state index in [0.717, 1.165) is 32.5 Å². The second kappa shape index (κ2) is 9.25. The fourth-order valence-electron chi connectivity index (χ4n) is 2.74. The van der Waals surface area contributed by atoms with Gasteiger partial charge < -0.3 is 21.3 Å². The van der Waals surface area contributed by atoms with E-state index in [2.05, 4.69) is 21.3 Å². The molecule has 0 saturated carbocycles.